The average Bonchev–Trinajstić information content (AvgIpc) is 3.54. The number of nitrogens with zero attached hydrogens (tertiary/aromatic N) is 4. The van der Waals surface area contributed by atoms with E-state index >= 15 is 0 Å². The minimum atomic E-state index is -0.0232. The molecule has 0 atom stereocenters. The van der Waals surface area contributed by atoms with Crippen molar-refractivity contribution in [2.24, 2.45) is 0 Å². The summed E-state index contributed by atoms with van der Waals surface area (Å²) >= 11 is 12.4. The minimum Gasteiger partial charge on any atom is -0.287 e. The standard InChI is InChI=1S/2C21H17ClN2O/c2*22-18-11-12-19-20(13-18)24(15-17-9-5-2-6-10-17)21(25)23(19)14-16-7-3-1-4-8-16/h2*1-13H,14-15H2. The summed E-state index contributed by atoms with van der Waals surface area (Å²) in [5, 5.41) is 1.26. The summed E-state index contributed by atoms with van der Waals surface area (Å²) in [6, 6.07) is 51.2. The number of halogens is 2. The Balaban J connectivity index is 0.000000157. The topological polar surface area (TPSA) is 53.9 Å². The van der Waals surface area contributed by atoms with Gasteiger partial charge in [0.1, 0.15) is 0 Å². The predicted molar refractivity (Wildman–Crippen MR) is 205 cm³/mol. The highest BCUT2D eigenvalue weighted by atomic mass is 35.5. The van der Waals surface area contributed by atoms with Crippen LogP contribution in [0.25, 0.3) is 22.1 Å². The molecule has 248 valence electrons. The van der Waals surface area contributed by atoms with Gasteiger partial charge in [0.2, 0.25) is 0 Å². The van der Waals surface area contributed by atoms with Gasteiger partial charge in [0.15, 0.2) is 0 Å². The molecule has 0 radical (unpaired) electrons. The van der Waals surface area contributed by atoms with Crippen molar-refractivity contribution in [2.75, 3.05) is 0 Å². The molecule has 0 bridgehead atoms. The molecular formula is C42H34Cl2N4O2. The molecule has 2 heterocycles. The van der Waals surface area contributed by atoms with Crippen molar-refractivity contribution in [2.45, 2.75) is 26.2 Å². The van der Waals surface area contributed by atoms with Crippen LogP contribution in [0.1, 0.15) is 22.3 Å². The summed E-state index contributed by atoms with van der Waals surface area (Å²) in [5.41, 5.74) is 7.83. The number of aromatic nitrogens is 4. The third-order valence-corrected chi connectivity index (χ3v) is 9.17. The zero-order chi connectivity index (χ0) is 34.5. The van der Waals surface area contributed by atoms with Crippen molar-refractivity contribution >= 4 is 45.3 Å². The number of rotatable bonds is 8. The molecule has 0 aliphatic carbocycles. The number of benzene rings is 6. The van der Waals surface area contributed by atoms with Gasteiger partial charge in [-0.3, -0.25) is 18.3 Å². The van der Waals surface area contributed by atoms with Gasteiger partial charge in [0, 0.05) is 10.0 Å². The number of fused-ring (bicyclic) bond motifs is 2. The van der Waals surface area contributed by atoms with E-state index in [4.69, 9.17) is 23.2 Å². The lowest BCUT2D eigenvalue weighted by molar-refractivity contribution is 0.701. The van der Waals surface area contributed by atoms with Crippen LogP contribution in [0.3, 0.4) is 0 Å². The van der Waals surface area contributed by atoms with E-state index in [1.54, 1.807) is 9.13 Å². The second-order valence-corrected chi connectivity index (χ2v) is 13.0. The van der Waals surface area contributed by atoms with Crippen molar-refractivity contribution < 1.29 is 0 Å². The van der Waals surface area contributed by atoms with Crippen LogP contribution < -0.4 is 11.4 Å². The highest BCUT2D eigenvalue weighted by molar-refractivity contribution is 6.31. The summed E-state index contributed by atoms with van der Waals surface area (Å²) in [6.07, 6.45) is 0. The quantitative estimate of drug-likeness (QED) is 0.159. The lowest BCUT2D eigenvalue weighted by Gasteiger charge is -2.04. The van der Waals surface area contributed by atoms with Gasteiger partial charge in [-0.25, -0.2) is 9.59 Å². The molecular weight excluding hydrogens is 663 g/mol. The van der Waals surface area contributed by atoms with Crippen LogP contribution in [0.15, 0.2) is 167 Å². The molecule has 8 aromatic rings. The Morgan fingerprint density at radius 1 is 0.340 bits per heavy atom. The number of imidazole rings is 2. The fraction of sp³-hybridized carbons (Fsp3) is 0.0952. The largest absolute Gasteiger partial charge is 0.329 e. The van der Waals surface area contributed by atoms with E-state index in [2.05, 4.69) is 0 Å². The van der Waals surface area contributed by atoms with Crippen molar-refractivity contribution in [3.63, 3.8) is 0 Å². The third-order valence-electron chi connectivity index (χ3n) is 8.70. The van der Waals surface area contributed by atoms with E-state index in [1.807, 2.05) is 167 Å². The molecule has 0 saturated carbocycles. The molecule has 6 nitrogen and oxygen atoms in total. The molecule has 2 aromatic heterocycles. The summed E-state index contributed by atoms with van der Waals surface area (Å²) in [4.78, 5) is 26.2. The molecule has 0 N–H and O–H groups in total. The van der Waals surface area contributed by atoms with Crippen molar-refractivity contribution in [3.8, 4) is 0 Å². The van der Waals surface area contributed by atoms with Gasteiger partial charge in [0.25, 0.3) is 0 Å². The Morgan fingerprint density at radius 2 is 0.600 bits per heavy atom. The van der Waals surface area contributed by atoms with Crippen LogP contribution in [-0.4, -0.2) is 18.3 Å². The van der Waals surface area contributed by atoms with Crippen LogP contribution in [0, 0.1) is 0 Å². The van der Waals surface area contributed by atoms with E-state index in [9.17, 15) is 9.59 Å². The van der Waals surface area contributed by atoms with Crippen LogP contribution >= 0.6 is 23.2 Å². The Bertz CT molecular complexity index is 2310. The van der Waals surface area contributed by atoms with Gasteiger partial charge >= 0.3 is 11.4 Å². The van der Waals surface area contributed by atoms with E-state index < -0.39 is 0 Å². The first-order chi connectivity index (χ1) is 24.4. The first kappa shape index (κ1) is 33.0. The van der Waals surface area contributed by atoms with E-state index in [0.29, 0.717) is 36.2 Å². The van der Waals surface area contributed by atoms with Crippen LogP contribution in [0.5, 0.6) is 0 Å². The third kappa shape index (κ3) is 7.22. The maximum atomic E-state index is 13.1. The second kappa shape index (κ2) is 14.9. The average molecular weight is 698 g/mol. The molecule has 0 fully saturated rings. The molecule has 8 heteroatoms. The highest BCUT2D eigenvalue weighted by Crippen LogP contribution is 2.22. The van der Waals surface area contributed by atoms with Gasteiger partial charge in [0.05, 0.1) is 48.2 Å². The lowest BCUT2D eigenvalue weighted by Crippen LogP contribution is -2.25. The van der Waals surface area contributed by atoms with Gasteiger partial charge in [-0.05, 0) is 58.7 Å². The fourth-order valence-electron chi connectivity index (χ4n) is 6.26. The predicted octanol–water partition coefficient (Wildman–Crippen LogP) is 9.11. The molecule has 0 aliphatic rings. The fourth-order valence-corrected chi connectivity index (χ4v) is 6.59. The summed E-state index contributed by atoms with van der Waals surface area (Å²) in [6.45, 7) is 2.13. The number of hydrogen-bond donors (Lipinski definition) is 0. The lowest BCUT2D eigenvalue weighted by atomic mass is 10.2. The zero-order valence-electron chi connectivity index (χ0n) is 27.2. The summed E-state index contributed by atoms with van der Waals surface area (Å²) < 4.78 is 7.20. The first-order valence-corrected chi connectivity index (χ1v) is 17.1. The maximum absolute atomic E-state index is 13.1. The Kier molecular flexibility index (Phi) is 9.83. The number of hydrogen-bond acceptors (Lipinski definition) is 2. The molecule has 0 aliphatic heterocycles. The molecule has 0 saturated heterocycles. The van der Waals surface area contributed by atoms with E-state index in [-0.39, 0.29) is 11.4 Å². The smallest absolute Gasteiger partial charge is 0.287 e. The zero-order valence-corrected chi connectivity index (χ0v) is 28.7. The monoisotopic (exact) mass is 696 g/mol. The second-order valence-electron chi connectivity index (χ2n) is 12.1. The van der Waals surface area contributed by atoms with Crippen LogP contribution in [0.4, 0.5) is 0 Å². The Morgan fingerprint density at radius 3 is 0.880 bits per heavy atom. The van der Waals surface area contributed by atoms with Gasteiger partial charge < -0.3 is 0 Å². The summed E-state index contributed by atoms with van der Waals surface area (Å²) in [5.74, 6) is 0. The first-order valence-electron chi connectivity index (χ1n) is 16.4. The normalized spacial score (nSPS) is 11.1. The SMILES string of the molecule is O=c1n(Cc2ccccc2)c2ccc(Cl)cc2n1Cc1ccccc1.O=c1n(Cc2ccccc2)c2ccc(Cl)cc2n1Cc1ccccc1. The van der Waals surface area contributed by atoms with Crippen molar-refractivity contribution in [1.82, 2.24) is 18.3 Å². The molecule has 0 amide bonds. The van der Waals surface area contributed by atoms with Gasteiger partial charge in [-0.2, -0.15) is 0 Å². The van der Waals surface area contributed by atoms with Crippen LogP contribution in [-0.2, 0) is 26.2 Å². The molecule has 50 heavy (non-hydrogen) atoms. The molecule has 0 unspecified atom stereocenters. The van der Waals surface area contributed by atoms with Gasteiger partial charge in [-0.1, -0.05) is 145 Å². The molecule has 0 spiro atoms. The Labute approximate surface area is 299 Å². The molecule has 8 rings (SSSR count). The molecule has 6 aromatic carbocycles. The van der Waals surface area contributed by atoms with E-state index in [0.717, 1.165) is 44.3 Å². The maximum Gasteiger partial charge on any atom is 0.329 e. The van der Waals surface area contributed by atoms with Gasteiger partial charge in [-0.15, -0.1) is 0 Å². The van der Waals surface area contributed by atoms with Crippen molar-refractivity contribution in [3.05, 3.63) is 211 Å². The Hall–Kier alpha value is -5.56. The van der Waals surface area contributed by atoms with Crippen LogP contribution in [0.2, 0.25) is 10.0 Å². The summed E-state index contributed by atoms with van der Waals surface area (Å²) in [7, 11) is 0. The highest BCUT2D eigenvalue weighted by Gasteiger charge is 2.16. The minimum absolute atomic E-state index is 0.0232. The van der Waals surface area contributed by atoms with E-state index in [1.165, 1.54) is 0 Å². The van der Waals surface area contributed by atoms with Crippen molar-refractivity contribution in [1.29, 1.82) is 0 Å².